The van der Waals surface area contributed by atoms with Crippen molar-refractivity contribution in [3.05, 3.63) is 40.8 Å². The number of benzene rings is 1. The Balaban J connectivity index is 1.54. The van der Waals surface area contributed by atoms with Gasteiger partial charge in [-0.05, 0) is 57.1 Å². The molecule has 1 aliphatic rings. The molecule has 3 heterocycles. The van der Waals surface area contributed by atoms with Crippen molar-refractivity contribution >= 4 is 38.4 Å². The summed E-state index contributed by atoms with van der Waals surface area (Å²) in [6.07, 6.45) is 2.40. The van der Waals surface area contributed by atoms with Crippen LogP contribution in [0.4, 0.5) is 0 Å². The van der Waals surface area contributed by atoms with Crippen LogP contribution in [0.3, 0.4) is 0 Å². The Morgan fingerprint density at radius 1 is 1.32 bits per heavy atom. The van der Waals surface area contributed by atoms with E-state index in [1.807, 2.05) is 12.1 Å². The Kier molecular flexibility index (Phi) is 4.44. The second kappa shape index (κ2) is 6.73. The molecule has 0 radical (unpaired) electrons. The van der Waals surface area contributed by atoms with E-state index in [0.29, 0.717) is 6.04 Å². The summed E-state index contributed by atoms with van der Waals surface area (Å²) in [5.74, 6) is 0.0196. The normalized spacial score (nSPS) is 18.2. The first kappa shape index (κ1) is 16.5. The van der Waals surface area contributed by atoms with Crippen LogP contribution < -0.4 is 5.32 Å². The van der Waals surface area contributed by atoms with Crippen LogP contribution in [-0.4, -0.2) is 41.5 Å². The van der Waals surface area contributed by atoms with E-state index in [4.69, 9.17) is 4.98 Å². The maximum Gasteiger partial charge on any atom is 0.261 e. The molecule has 1 N–H and O–H groups in total. The number of aryl methyl sites for hydroxylation is 1. The molecule has 1 aliphatic heterocycles. The summed E-state index contributed by atoms with van der Waals surface area (Å²) in [6, 6.07) is 10.8. The molecule has 1 aromatic carbocycles. The lowest BCUT2D eigenvalue weighted by Gasteiger charge is -2.22. The molecular formula is C20H23N3OS. The van der Waals surface area contributed by atoms with Gasteiger partial charge in [-0.2, -0.15) is 0 Å². The van der Waals surface area contributed by atoms with Gasteiger partial charge in [-0.15, -0.1) is 11.3 Å². The zero-order valence-corrected chi connectivity index (χ0v) is 15.5. The lowest BCUT2D eigenvalue weighted by atomic mass is 10.1. The minimum Gasteiger partial charge on any atom is -0.350 e. The molecule has 130 valence electrons. The third-order valence-electron chi connectivity index (χ3n) is 5.08. The van der Waals surface area contributed by atoms with Crippen molar-refractivity contribution in [1.29, 1.82) is 0 Å². The smallest absolute Gasteiger partial charge is 0.261 e. The summed E-state index contributed by atoms with van der Waals surface area (Å²) < 4.78 is 0. The molecule has 0 unspecified atom stereocenters. The van der Waals surface area contributed by atoms with E-state index < -0.39 is 0 Å². The van der Waals surface area contributed by atoms with Gasteiger partial charge < -0.3 is 5.32 Å². The minimum atomic E-state index is 0.0196. The number of likely N-dealkylation sites (N-methyl/N-ethyl adjacent to an activating group) is 1. The van der Waals surface area contributed by atoms with Gasteiger partial charge in [0.15, 0.2) is 0 Å². The number of fused-ring (bicyclic) bond motifs is 2. The molecule has 3 aromatic rings. The number of hydrogen-bond acceptors (Lipinski definition) is 4. The van der Waals surface area contributed by atoms with E-state index >= 15 is 0 Å². The molecule has 1 saturated heterocycles. The van der Waals surface area contributed by atoms with E-state index in [1.54, 1.807) is 0 Å². The monoisotopic (exact) mass is 353 g/mol. The van der Waals surface area contributed by atoms with Gasteiger partial charge in [0.25, 0.3) is 5.91 Å². The largest absolute Gasteiger partial charge is 0.350 e. The summed E-state index contributed by atoms with van der Waals surface area (Å²) in [5, 5.41) is 5.29. The summed E-state index contributed by atoms with van der Waals surface area (Å²) in [7, 11) is 0. The SMILES string of the molecule is CCN1CCC[C@@H]1CNC(=O)c1cc2cc3cc(C)ccc3nc2s1. The lowest BCUT2D eigenvalue weighted by molar-refractivity contribution is 0.0945. The Morgan fingerprint density at radius 3 is 3.04 bits per heavy atom. The van der Waals surface area contributed by atoms with Crippen molar-refractivity contribution in [2.45, 2.75) is 32.7 Å². The average molecular weight is 353 g/mol. The number of carbonyl (C=O) groups is 1. The van der Waals surface area contributed by atoms with Crippen molar-refractivity contribution in [1.82, 2.24) is 15.2 Å². The van der Waals surface area contributed by atoms with Gasteiger partial charge in [0.1, 0.15) is 4.83 Å². The number of hydrogen-bond donors (Lipinski definition) is 1. The number of amides is 1. The molecule has 0 bridgehead atoms. The highest BCUT2D eigenvalue weighted by atomic mass is 32.1. The summed E-state index contributed by atoms with van der Waals surface area (Å²) in [4.78, 5) is 21.4. The molecule has 4 rings (SSSR count). The number of rotatable bonds is 4. The Bertz CT molecular complexity index is 933. The van der Waals surface area contributed by atoms with Gasteiger partial charge in [0.05, 0.1) is 10.4 Å². The van der Waals surface area contributed by atoms with Gasteiger partial charge >= 0.3 is 0 Å². The van der Waals surface area contributed by atoms with E-state index in [1.165, 1.54) is 29.7 Å². The van der Waals surface area contributed by atoms with Gasteiger partial charge in [0.2, 0.25) is 0 Å². The van der Waals surface area contributed by atoms with E-state index in [2.05, 4.69) is 42.3 Å². The first-order chi connectivity index (χ1) is 12.1. The highest BCUT2D eigenvalue weighted by Gasteiger charge is 2.23. The molecule has 2 aromatic heterocycles. The number of aromatic nitrogens is 1. The van der Waals surface area contributed by atoms with Crippen molar-refractivity contribution in [2.24, 2.45) is 0 Å². The fourth-order valence-corrected chi connectivity index (χ4v) is 4.65. The number of pyridine rings is 1. The Morgan fingerprint density at radius 2 is 2.20 bits per heavy atom. The number of likely N-dealkylation sites (tertiary alicyclic amines) is 1. The van der Waals surface area contributed by atoms with Crippen molar-refractivity contribution in [3.8, 4) is 0 Å². The third kappa shape index (κ3) is 3.26. The molecule has 5 heteroatoms. The zero-order valence-electron chi connectivity index (χ0n) is 14.7. The lowest BCUT2D eigenvalue weighted by Crippen LogP contribution is -2.39. The first-order valence-corrected chi connectivity index (χ1v) is 9.79. The van der Waals surface area contributed by atoms with Crippen molar-refractivity contribution < 1.29 is 4.79 Å². The topological polar surface area (TPSA) is 45.2 Å². The van der Waals surface area contributed by atoms with E-state index in [-0.39, 0.29) is 5.91 Å². The Hall–Kier alpha value is -1.98. The van der Waals surface area contributed by atoms with E-state index in [0.717, 1.165) is 45.6 Å². The second-order valence-electron chi connectivity index (χ2n) is 6.82. The average Bonchev–Trinajstić information content (AvgIpc) is 3.23. The Labute approximate surface area is 151 Å². The van der Waals surface area contributed by atoms with Crippen LogP contribution in [0.5, 0.6) is 0 Å². The van der Waals surface area contributed by atoms with Crippen LogP contribution in [0.25, 0.3) is 21.1 Å². The second-order valence-corrected chi connectivity index (χ2v) is 7.85. The van der Waals surface area contributed by atoms with Crippen LogP contribution in [0.1, 0.15) is 35.0 Å². The van der Waals surface area contributed by atoms with Gasteiger partial charge in [-0.3, -0.25) is 9.69 Å². The maximum atomic E-state index is 12.6. The predicted octanol–water partition coefficient (Wildman–Crippen LogP) is 3.97. The van der Waals surface area contributed by atoms with Gasteiger partial charge in [-0.25, -0.2) is 4.98 Å². The van der Waals surface area contributed by atoms with Crippen LogP contribution >= 0.6 is 11.3 Å². The molecule has 0 aliphatic carbocycles. The zero-order chi connectivity index (χ0) is 17.4. The number of carbonyl (C=O) groups excluding carboxylic acids is 1. The number of thiophene rings is 1. The van der Waals surface area contributed by atoms with Crippen LogP contribution in [-0.2, 0) is 0 Å². The van der Waals surface area contributed by atoms with Crippen LogP contribution in [0.15, 0.2) is 30.3 Å². The quantitative estimate of drug-likeness (QED) is 0.772. The molecule has 1 atom stereocenters. The molecule has 1 fully saturated rings. The van der Waals surface area contributed by atoms with E-state index in [9.17, 15) is 4.79 Å². The van der Waals surface area contributed by atoms with Crippen molar-refractivity contribution in [3.63, 3.8) is 0 Å². The van der Waals surface area contributed by atoms with Gasteiger partial charge in [-0.1, -0.05) is 18.6 Å². The highest BCUT2D eigenvalue weighted by molar-refractivity contribution is 7.20. The first-order valence-electron chi connectivity index (χ1n) is 8.97. The number of nitrogens with one attached hydrogen (secondary N) is 1. The maximum absolute atomic E-state index is 12.6. The summed E-state index contributed by atoms with van der Waals surface area (Å²) in [6.45, 7) is 7.20. The standard InChI is InChI=1S/C20H23N3OS/c1-3-23-8-4-5-16(23)12-21-19(24)18-11-15-10-14-9-13(2)6-7-17(14)22-20(15)25-18/h6-7,9-11,16H,3-5,8,12H2,1-2H3,(H,21,24)/t16-/m1/s1. The van der Waals surface area contributed by atoms with Crippen molar-refractivity contribution in [2.75, 3.05) is 19.6 Å². The molecule has 0 spiro atoms. The van der Waals surface area contributed by atoms with Gasteiger partial charge in [0, 0.05) is 23.4 Å². The minimum absolute atomic E-state index is 0.0196. The third-order valence-corrected chi connectivity index (χ3v) is 6.13. The fourth-order valence-electron chi connectivity index (χ4n) is 3.71. The molecular weight excluding hydrogens is 330 g/mol. The fraction of sp³-hybridized carbons (Fsp3) is 0.400. The number of nitrogens with zero attached hydrogens (tertiary/aromatic N) is 2. The van der Waals surface area contributed by atoms with Crippen LogP contribution in [0.2, 0.25) is 0 Å². The molecule has 0 saturated carbocycles. The molecule has 1 amide bonds. The van der Waals surface area contributed by atoms with Crippen LogP contribution in [0, 0.1) is 6.92 Å². The predicted molar refractivity (Wildman–Crippen MR) is 104 cm³/mol. The highest BCUT2D eigenvalue weighted by Crippen LogP contribution is 2.28. The summed E-state index contributed by atoms with van der Waals surface area (Å²) >= 11 is 1.48. The molecule has 4 nitrogen and oxygen atoms in total. The molecule has 25 heavy (non-hydrogen) atoms. The summed E-state index contributed by atoms with van der Waals surface area (Å²) in [5.41, 5.74) is 2.20.